The highest BCUT2D eigenvalue weighted by Gasteiger charge is 2.04. The van der Waals surface area contributed by atoms with Crippen molar-refractivity contribution in [2.75, 3.05) is 76.4 Å². The summed E-state index contributed by atoms with van der Waals surface area (Å²) in [6.07, 6.45) is 0. The second-order valence-electron chi connectivity index (χ2n) is 5.84. The van der Waals surface area contributed by atoms with Crippen LogP contribution in [-0.4, -0.2) is 107 Å². The number of hydrogen-bond donors (Lipinski definition) is 2. The van der Waals surface area contributed by atoms with Crippen LogP contribution in [0, 0.1) is 0 Å². The number of aliphatic hydroxyl groups excluding tert-OH is 1. The topological polar surface area (TPSA) is 120 Å². The lowest BCUT2D eigenvalue weighted by Gasteiger charge is -2.06. The van der Waals surface area contributed by atoms with Gasteiger partial charge in [0.1, 0.15) is 5.75 Å². The molecule has 0 spiro atoms. The van der Waals surface area contributed by atoms with Crippen LogP contribution in [0.5, 0.6) is 0 Å². The molecule has 0 aliphatic heterocycles. The number of aliphatic imine (C=N–C) groups is 2. The van der Waals surface area contributed by atoms with Gasteiger partial charge in [0.15, 0.2) is 5.08 Å². The Hall–Kier alpha value is 2.89. The molecule has 1 amide bonds. The van der Waals surface area contributed by atoms with Gasteiger partial charge in [0.05, 0.1) is 24.2 Å². The minimum Gasteiger partial charge on any atom is -0.611 e. The third-order valence-electron chi connectivity index (χ3n) is 3.00. The maximum Gasteiger partial charge on any atom is 0.280 e. The number of hydrogen-bond acceptors (Lipinski definition) is 16. The fraction of sp³-hybridized carbons (Fsp3) is 0.833. The first kappa shape index (κ1) is 39.9. The van der Waals surface area contributed by atoms with Gasteiger partial charge in [0, 0.05) is 46.8 Å². The summed E-state index contributed by atoms with van der Waals surface area (Å²) in [5.41, 5.74) is 2.97. The van der Waals surface area contributed by atoms with E-state index in [2.05, 4.69) is 22.2 Å². The van der Waals surface area contributed by atoms with Crippen molar-refractivity contribution in [1.82, 2.24) is 5.32 Å². The Bertz CT molecular complexity index is 572. The van der Waals surface area contributed by atoms with Crippen LogP contribution in [0.2, 0.25) is 0 Å². The zero-order chi connectivity index (χ0) is 27.2. The Kier molecular flexibility index (Phi) is 36.0. The van der Waals surface area contributed by atoms with E-state index in [9.17, 15) is 13.9 Å². The summed E-state index contributed by atoms with van der Waals surface area (Å²) in [5, 5.41) is 18.7. The van der Waals surface area contributed by atoms with Gasteiger partial charge in [0.25, 0.3) is 5.24 Å². The number of rotatable bonds is 27. The zero-order valence-electron chi connectivity index (χ0n) is 20.5. The largest absolute Gasteiger partial charge is 0.611 e. The number of nitrogens with one attached hydrogen (secondary N) is 1. The molecule has 19 heteroatoms. The Morgan fingerprint density at radius 1 is 0.784 bits per heavy atom. The first-order chi connectivity index (χ1) is 18.1. The maximum absolute atomic E-state index is 11.9. The molecule has 0 radical (unpaired) electrons. The van der Waals surface area contributed by atoms with Gasteiger partial charge in [0.2, 0.25) is 11.1 Å². The predicted molar refractivity (Wildman–Crippen MR) is 194 cm³/mol. The van der Waals surface area contributed by atoms with Crippen LogP contribution in [0.15, 0.2) is 9.98 Å². The van der Waals surface area contributed by atoms with Crippen LogP contribution < -0.4 is 5.32 Å². The molecule has 2 atom stereocenters. The Balaban J connectivity index is 3.30. The van der Waals surface area contributed by atoms with Crippen LogP contribution in [-0.2, 0) is 22.4 Å². The Labute approximate surface area is 271 Å². The van der Waals surface area contributed by atoms with Crippen molar-refractivity contribution in [1.29, 1.82) is 0 Å². The summed E-state index contributed by atoms with van der Waals surface area (Å²) < 4.78 is 23.0. The van der Waals surface area contributed by atoms with Gasteiger partial charge in [-0.1, -0.05) is 30.4 Å². The molecule has 2 unspecified atom stereocenters. The number of nitrogens with zero attached hydrogens (tertiary/aromatic N) is 2. The maximum atomic E-state index is 11.9. The lowest BCUT2D eigenvalue weighted by atomic mass is 10.9. The molecule has 0 bridgehead atoms. The van der Waals surface area contributed by atoms with Crippen molar-refractivity contribution in [3.8, 4) is 0 Å². The predicted octanol–water partition coefficient (Wildman–Crippen LogP) is 6.13. The highest BCUT2D eigenvalue weighted by Crippen LogP contribution is 2.24. The molecular formula is C18H35N3O4S12. The van der Waals surface area contributed by atoms with Crippen LogP contribution >= 0.6 is 118 Å². The van der Waals surface area contributed by atoms with Crippen LogP contribution in [0.4, 0.5) is 4.79 Å². The van der Waals surface area contributed by atoms with Gasteiger partial charge in [-0.05, 0) is 16.9 Å². The van der Waals surface area contributed by atoms with Gasteiger partial charge >= 0.3 is 0 Å². The summed E-state index contributed by atoms with van der Waals surface area (Å²) in [6.45, 7) is 2.00. The molecule has 0 aliphatic carbocycles. The molecule has 218 valence electrons. The van der Waals surface area contributed by atoms with Crippen molar-refractivity contribution < 1.29 is 19.0 Å². The molecule has 2 N–H and O–H groups in total. The van der Waals surface area contributed by atoms with E-state index in [1.165, 1.54) is 17.3 Å². The molecule has 0 fully saturated rings. The second-order valence-corrected chi connectivity index (χ2v) is 21.5. The van der Waals surface area contributed by atoms with E-state index in [0.29, 0.717) is 22.7 Å². The standard InChI is InChI=1S/C18H35N3O4S12/c1-2-26-5-19-9-37(25)17-34-15-32-13-31-14-33-16-35-18(23)21-7-28-11-30-12-29-10-27-6-20-8-36(24)4-3-22/h8-9,22H,2-7,10-17H2,1H3,(H,21,23)/b19-9+,20-8+. The molecular weight excluding hydrogens is 707 g/mol. The molecule has 0 heterocycles. The van der Waals surface area contributed by atoms with Crippen molar-refractivity contribution in [2.24, 2.45) is 9.98 Å². The number of aliphatic hydroxyl groups is 1. The van der Waals surface area contributed by atoms with Gasteiger partial charge in [-0.15, -0.1) is 94.1 Å². The first-order valence-corrected chi connectivity index (χ1v) is 24.7. The molecule has 37 heavy (non-hydrogen) atoms. The minimum absolute atomic E-state index is 0.0249. The van der Waals surface area contributed by atoms with E-state index in [4.69, 9.17) is 5.11 Å². The quantitative estimate of drug-likeness (QED) is 0.0330. The van der Waals surface area contributed by atoms with E-state index < -0.39 is 22.4 Å². The summed E-state index contributed by atoms with van der Waals surface area (Å²) in [5.74, 6) is 3.17. The smallest absolute Gasteiger partial charge is 0.280 e. The third-order valence-corrected chi connectivity index (χ3v) is 16.9. The lowest BCUT2D eigenvalue weighted by Crippen LogP contribution is -2.17. The van der Waals surface area contributed by atoms with E-state index in [1.54, 1.807) is 64.4 Å². The SMILES string of the molecule is CCSC/N=C/[S+]([O-])CSCSCSCSCSC(=O)NCSCSCSCSC/N=C/[S+]([O-])CCO. The van der Waals surface area contributed by atoms with Crippen molar-refractivity contribution >= 4 is 156 Å². The molecule has 0 saturated carbocycles. The highest BCUT2D eigenvalue weighted by molar-refractivity contribution is 8.30. The van der Waals surface area contributed by atoms with Crippen LogP contribution in [0.1, 0.15) is 6.92 Å². The molecule has 0 aliphatic rings. The van der Waals surface area contributed by atoms with E-state index in [0.717, 1.165) is 41.3 Å². The van der Waals surface area contributed by atoms with Gasteiger partial charge in [-0.3, -0.25) is 4.79 Å². The fourth-order valence-corrected chi connectivity index (χ4v) is 14.0. The van der Waals surface area contributed by atoms with Crippen LogP contribution in [0.3, 0.4) is 0 Å². The molecule has 0 aromatic rings. The first-order valence-electron chi connectivity index (χ1n) is 10.6. The van der Waals surface area contributed by atoms with Crippen molar-refractivity contribution in [2.45, 2.75) is 6.92 Å². The molecule has 7 nitrogen and oxygen atoms in total. The summed E-state index contributed by atoms with van der Waals surface area (Å²) in [6, 6.07) is 0. The van der Waals surface area contributed by atoms with Crippen LogP contribution in [0.25, 0.3) is 0 Å². The monoisotopic (exact) mass is 741 g/mol. The fourth-order valence-electron chi connectivity index (χ4n) is 1.57. The van der Waals surface area contributed by atoms with Crippen molar-refractivity contribution in [3.05, 3.63) is 0 Å². The average Bonchev–Trinajstić information content (AvgIpc) is 2.88. The van der Waals surface area contributed by atoms with Gasteiger partial charge < -0.3 is 19.5 Å². The van der Waals surface area contributed by atoms with E-state index in [1.807, 2.05) is 47.0 Å². The molecule has 0 rings (SSSR count). The third kappa shape index (κ3) is 33.3. The number of carbonyl (C=O) groups is 1. The molecule has 0 aromatic heterocycles. The second kappa shape index (κ2) is 33.4. The normalized spacial score (nSPS) is 13.5. The number of amides is 1. The molecule has 0 aromatic carbocycles. The minimum atomic E-state index is -1.16. The van der Waals surface area contributed by atoms with Gasteiger partial charge in [-0.2, -0.15) is 0 Å². The number of thioether (sulfide) groups is 10. The highest BCUT2D eigenvalue weighted by atomic mass is 32.3. The summed E-state index contributed by atoms with van der Waals surface area (Å²) >= 11 is 15.0. The van der Waals surface area contributed by atoms with E-state index >= 15 is 0 Å². The summed E-state index contributed by atoms with van der Waals surface area (Å²) in [7, 11) is 0. The van der Waals surface area contributed by atoms with Crippen molar-refractivity contribution in [3.63, 3.8) is 0 Å². The summed E-state index contributed by atoms with van der Waals surface area (Å²) in [4.78, 5) is 20.1. The Morgan fingerprint density at radius 2 is 1.32 bits per heavy atom. The Morgan fingerprint density at radius 3 is 1.97 bits per heavy atom. The van der Waals surface area contributed by atoms with E-state index in [-0.39, 0.29) is 17.6 Å². The molecule has 0 saturated heterocycles. The number of carbonyl (C=O) groups excluding carboxylic acids is 1. The zero-order valence-corrected chi connectivity index (χ0v) is 30.3. The van der Waals surface area contributed by atoms with Gasteiger partial charge in [-0.25, -0.2) is 9.98 Å². The average molecular weight is 742 g/mol. The lowest BCUT2D eigenvalue weighted by molar-refractivity contribution is 0.262.